The van der Waals surface area contributed by atoms with Crippen LogP contribution in [-0.2, 0) is 22.4 Å². The van der Waals surface area contributed by atoms with Crippen LogP contribution in [0.3, 0.4) is 0 Å². The number of benzene rings is 2. The van der Waals surface area contributed by atoms with Gasteiger partial charge in [0, 0.05) is 11.1 Å². The van der Waals surface area contributed by atoms with Crippen molar-refractivity contribution >= 4 is 11.6 Å². The minimum atomic E-state index is -0.139. The summed E-state index contributed by atoms with van der Waals surface area (Å²) in [6, 6.07) is 17.7. The number of Topliss-reactive ketones (excluding diaryl/α,β-unsaturated/α-hetero) is 2. The van der Waals surface area contributed by atoms with Crippen LogP contribution < -0.4 is 0 Å². The van der Waals surface area contributed by atoms with Gasteiger partial charge in [0.25, 0.3) is 0 Å². The number of rotatable bonds is 4. The number of carbonyl (C=O) groups excluding carboxylic acids is 2. The number of hydrogen-bond acceptors (Lipinski definition) is 2. The van der Waals surface area contributed by atoms with Crippen molar-refractivity contribution in [3.63, 3.8) is 0 Å². The molecule has 0 N–H and O–H groups in total. The van der Waals surface area contributed by atoms with E-state index >= 15 is 0 Å². The summed E-state index contributed by atoms with van der Waals surface area (Å²) in [4.78, 5) is 23.6. The van der Waals surface area contributed by atoms with E-state index in [9.17, 15) is 9.59 Å². The van der Waals surface area contributed by atoms with Crippen LogP contribution in [0.15, 0.2) is 60.7 Å². The smallest absolute Gasteiger partial charge is 0.294 e. The second-order valence-electron chi connectivity index (χ2n) is 3.76. The molecule has 0 aliphatic carbocycles. The zero-order valence-corrected chi connectivity index (χ0v) is 11.1. The molecule has 0 saturated heterocycles. The van der Waals surface area contributed by atoms with Crippen molar-refractivity contribution < 1.29 is 32.0 Å². The third kappa shape index (κ3) is 3.77. The van der Waals surface area contributed by atoms with Gasteiger partial charge in [0.1, 0.15) is 0 Å². The molecule has 0 aromatic heterocycles. The number of carbonyl (C=O) groups is 2. The normalized spacial score (nSPS) is 9.33. The molecule has 0 spiro atoms. The molecule has 0 aliphatic heterocycles. The Morgan fingerprint density at radius 2 is 1.00 bits per heavy atom. The summed E-state index contributed by atoms with van der Waals surface area (Å²) in [5.41, 5.74) is 1.16. The van der Waals surface area contributed by atoms with Crippen molar-refractivity contribution in [1.82, 2.24) is 0 Å². The molecule has 0 saturated carbocycles. The first-order chi connectivity index (χ1) is 8.27. The summed E-state index contributed by atoms with van der Waals surface area (Å²) in [7, 11) is 0. The summed E-state index contributed by atoms with van der Waals surface area (Å²) >= 11 is 0. The Kier molecular flexibility index (Phi) is 5.72. The molecule has 2 aromatic carbocycles. The van der Waals surface area contributed by atoms with Crippen molar-refractivity contribution in [3.8, 4) is 0 Å². The van der Waals surface area contributed by atoms with Gasteiger partial charge in [-0.05, 0) is 0 Å². The Morgan fingerprint density at radius 3 is 1.33 bits per heavy atom. The van der Waals surface area contributed by atoms with E-state index < -0.39 is 0 Å². The Balaban J connectivity index is 0.00000162. The molecule has 94 valence electrons. The largest absolute Gasteiger partial charge is 1.00 e. The third-order valence-corrected chi connectivity index (χ3v) is 2.51. The molecule has 3 heteroatoms. The molecule has 0 aliphatic rings. The molecule has 0 unspecified atom stereocenters. The Hall–Kier alpha value is -1.48. The molecule has 2 rings (SSSR count). The van der Waals surface area contributed by atoms with Gasteiger partial charge in [-0.15, -0.1) is 0 Å². The molecule has 0 heterocycles. The average Bonchev–Trinajstić information content (AvgIpc) is 2.40. The maximum atomic E-state index is 11.8. The van der Waals surface area contributed by atoms with Gasteiger partial charge in [0.15, 0.2) is 11.6 Å². The molecule has 0 bridgehead atoms. The predicted octanol–water partition coefficient (Wildman–Crippen LogP) is 3.14. The quantitative estimate of drug-likeness (QED) is 0.490. The zero-order chi connectivity index (χ0) is 12.1. The molecule has 18 heavy (non-hydrogen) atoms. The van der Waals surface area contributed by atoms with Crippen LogP contribution in [0.1, 0.15) is 27.1 Å². The minimum absolute atomic E-state index is 0. The van der Waals surface area contributed by atoms with Crippen LogP contribution in [0.2, 0.25) is 0 Å². The Labute approximate surface area is 122 Å². The number of ketones is 2. The first kappa shape index (κ1) is 14.6. The summed E-state index contributed by atoms with van der Waals surface area (Å²) in [6.07, 6.45) is -0.0754. The zero-order valence-electron chi connectivity index (χ0n) is 9.60. The van der Waals surface area contributed by atoms with Crippen molar-refractivity contribution in [2.75, 3.05) is 0 Å². The van der Waals surface area contributed by atoms with Crippen molar-refractivity contribution in [2.24, 2.45) is 0 Å². The van der Waals surface area contributed by atoms with Gasteiger partial charge in [-0.25, -0.2) is 0 Å². The van der Waals surface area contributed by atoms with Gasteiger partial charge in [-0.3, -0.25) is 9.59 Å². The summed E-state index contributed by atoms with van der Waals surface area (Å²) < 4.78 is 0. The second-order valence-corrected chi connectivity index (χ2v) is 3.76. The van der Waals surface area contributed by atoms with E-state index in [2.05, 4.69) is 0 Å². The van der Waals surface area contributed by atoms with E-state index in [0.717, 1.165) is 0 Å². The molecular weight excluding hydrogens is 320 g/mol. The topological polar surface area (TPSA) is 34.1 Å². The van der Waals surface area contributed by atoms with Gasteiger partial charge in [-0.2, -0.15) is 0 Å². The van der Waals surface area contributed by atoms with Crippen molar-refractivity contribution in [1.29, 1.82) is 0 Å². The summed E-state index contributed by atoms with van der Waals surface area (Å²) in [6.45, 7) is 0. The molecule has 0 amide bonds. The van der Waals surface area contributed by atoms with Gasteiger partial charge in [0.2, 0.25) is 0 Å². The average molecular weight is 332 g/mol. The van der Waals surface area contributed by atoms with E-state index in [4.69, 9.17) is 0 Å². The van der Waals surface area contributed by atoms with E-state index in [1.54, 1.807) is 48.5 Å². The fourth-order valence-corrected chi connectivity index (χ4v) is 1.60. The fourth-order valence-electron chi connectivity index (χ4n) is 1.60. The predicted molar refractivity (Wildman–Crippen MR) is 66.2 cm³/mol. The molecule has 2 aromatic rings. The molecule has 0 atom stereocenters. The van der Waals surface area contributed by atoms with E-state index in [1.165, 1.54) is 0 Å². The maximum Gasteiger partial charge on any atom is 1.00 e. The van der Waals surface area contributed by atoms with Gasteiger partial charge >= 0.3 is 22.4 Å². The SMILES string of the molecule is O=C(CC(=O)c1ccccc1)c1ccccc1.[Ag+]. The minimum Gasteiger partial charge on any atom is -0.294 e. The fraction of sp³-hybridized carbons (Fsp3) is 0.0667. The van der Waals surface area contributed by atoms with Crippen LogP contribution >= 0.6 is 0 Å². The maximum absolute atomic E-state index is 11.8. The molecule has 0 fully saturated rings. The van der Waals surface area contributed by atoms with Crippen LogP contribution in [0, 0.1) is 0 Å². The number of hydrogen-bond donors (Lipinski definition) is 0. The van der Waals surface area contributed by atoms with Crippen molar-refractivity contribution in [3.05, 3.63) is 71.8 Å². The Morgan fingerprint density at radius 1 is 0.667 bits per heavy atom. The van der Waals surface area contributed by atoms with E-state index in [0.29, 0.717) is 11.1 Å². The molecule has 0 radical (unpaired) electrons. The standard InChI is InChI=1S/C15H12O2.Ag/c16-14(12-7-3-1-4-8-12)11-15(17)13-9-5-2-6-10-13;/h1-10H,11H2;/q;+1. The van der Waals surface area contributed by atoms with Gasteiger partial charge in [0.05, 0.1) is 6.42 Å². The van der Waals surface area contributed by atoms with Gasteiger partial charge in [-0.1, -0.05) is 60.7 Å². The summed E-state index contributed by atoms with van der Waals surface area (Å²) in [5, 5.41) is 0. The molecule has 2 nitrogen and oxygen atoms in total. The second kappa shape index (κ2) is 7.07. The summed E-state index contributed by atoms with van der Waals surface area (Å²) in [5.74, 6) is -0.279. The van der Waals surface area contributed by atoms with Crippen LogP contribution in [-0.4, -0.2) is 11.6 Å². The Bertz CT molecular complexity index is 471. The van der Waals surface area contributed by atoms with E-state index in [1.807, 2.05) is 12.1 Å². The van der Waals surface area contributed by atoms with Crippen LogP contribution in [0.4, 0.5) is 0 Å². The van der Waals surface area contributed by atoms with Crippen LogP contribution in [0.5, 0.6) is 0 Å². The third-order valence-electron chi connectivity index (χ3n) is 2.51. The monoisotopic (exact) mass is 331 g/mol. The van der Waals surface area contributed by atoms with E-state index in [-0.39, 0.29) is 40.4 Å². The first-order valence-corrected chi connectivity index (χ1v) is 5.44. The van der Waals surface area contributed by atoms with Gasteiger partial charge < -0.3 is 0 Å². The molecular formula is C15H12AgO2+. The van der Waals surface area contributed by atoms with Crippen LogP contribution in [0.25, 0.3) is 0 Å². The first-order valence-electron chi connectivity index (χ1n) is 5.44. The van der Waals surface area contributed by atoms with Crippen molar-refractivity contribution in [2.45, 2.75) is 6.42 Å².